The maximum atomic E-state index is 11.7. The molecule has 0 spiro atoms. The number of methoxy groups -OCH3 is 1. The molecular formula is C14H26O8. The summed E-state index contributed by atoms with van der Waals surface area (Å²) >= 11 is 0. The van der Waals surface area contributed by atoms with Gasteiger partial charge in [-0.1, -0.05) is 6.92 Å². The van der Waals surface area contributed by atoms with Gasteiger partial charge in [-0.15, -0.1) is 0 Å². The van der Waals surface area contributed by atoms with E-state index in [1.165, 1.54) is 7.11 Å². The Kier molecular flexibility index (Phi) is 10.7. The standard InChI is InChI=1S/C14H26O8/c1-5-8-22-12(10(16)14(18)21-7-3)11(19-4)9(15)13(17)20-6-2/h9-12,15-16H,5-8H2,1-4H3/t9-,10+,11-,12+/m1/s1. The molecule has 2 N–H and O–H groups in total. The van der Waals surface area contributed by atoms with Gasteiger partial charge in [0.15, 0.2) is 12.2 Å². The molecule has 0 saturated carbocycles. The fraction of sp³-hybridized carbons (Fsp3) is 0.857. The molecular weight excluding hydrogens is 296 g/mol. The van der Waals surface area contributed by atoms with Crippen molar-refractivity contribution in [2.45, 2.75) is 51.6 Å². The Bertz CT molecular complexity index is 333. The van der Waals surface area contributed by atoms with Crippen molar-refractivity contribution < 1.29 is 38.7 Å². The molecule has 8 heteroatoms. The summed E-state index contributed by atoms with van der Waals surface area (Å²) in [4.78, 5) is 23.3. The van der Waals surface area contributed by atoms with Gasteiger partial charge in [0.1, 0.15) is 12.2 Å². The molecule has 0 radical (unpaired) electrons. The SMILES string of the molecule is CCCO[C@H]([C@H](OC)[C@@H](O)C(=O)OCC)[C@H](O)C(=O)OCC. The van der Waals surface area contributed by atoms with Gasteiger partial charge in [-0.05, 0) is 20.3 Å². The number of hydrogen-bond donors (Lipinski definition) is 2. The maximum Gasteiger partial charge on any atom is 0.337 e. The zero-order valence-electron chi connectivity index (χ0n) is 13.5. The van der Waals surface area contributed by atoms with Crippen LogP contribution in [0.3, 0.4) is 0 Å². The second kappa shape index (κ2) is 11.4. The fourth-order valence-corrected chi connectivity index (χ4v) is 1.79. The number of esters is 2. The first kappa shape index (κ1) is 20.8. The minimum Gasteiger partial charge on any atom is -0.464 e. The number of rotatable bonds is 11. The van der Waals surface area contributed by atoms with E-state index in [0.29, 0.717) is 6.42 Å². The molecule has 22 heavy (non-hydrogen) atoms. The average molecular weight is 322 g/mol. The van der Waals surface area contributed by atoms with Crippen LogP contribution in [0.4, 0.5) is 0 Å². The van der Waals surface area contributed by atoms with E-state index in [1.807, 2.05) is 6.92 Å². The maximum absolute atomic E-state index is 11.7. The molecule has 0 aromatic heterocycles. The van der Waals surface area contributed by atoms with Crippen LogP contribution in [0.25, 0.3) is 0 Å². The Morgan fingerprint density at radius 2 is 1.36 bits per heavy atom. The third-order valence-electron chi connectivity index (χ3n) is 2.79. The molecule has 0 aliphatic carbocycles. The lowest BCUT2D eigenvalue weighted by Crippen LogP contribution is -2.53. The molecule has 8 nitrogen and oxygen atoms in total. The van der Waals surface area contributed by atoms with Gasteiger partial charge in [-0.2, -0.15) is 0 Å². The van der Waals surface area contributed by atoms with E-state index in [9.17, 15) is 19.8 Å². The normalized spacial score (nSPS) is 16.5. The van der Waals surface area contributed by atoms with Gasteiger partial charge in [-0.25, -0.2) is 9.59 Å². The topological polar surface area (TPSA) is 112 Å². The monoisotopic (exact) mass is 322 g/mol. The van der Waals surface area contributed by atoms with Crippen LogP contribution < -0.4 is 0 Å². The van der Waals surface area contributed by atoms with E-state index < -0.39 is 36.4 Å². The summed E-state index contributed by atoms with van der Waals surface area (Å²) in [6, 6.07) is 0. The lowest BCUT2D eigenvalue weighted by atomic mass is 10.0. The van der Waals surface area contributed by atoms with E-state index in [2.05, 4.69) is 0 Å². The summed E-state index contributed by atoms with van der Waals surface area (Å²) < 4.78 is 19.9. The van der Waals surface area contributed by atoms with Gasteiger partial charge in [-0.3, -0.25) is 0 Å². The van der Waals surface area contributed by atoms with Crippen LogP contribution in [-0.4, -0.2) is 73.5 Å². The van der Waals surface area contributed by atoms with Crippen LogP contribution in [-0.2, 0) is 28.5 Å². The molecule has 0 amide bonds. The second-order valence-corrected chi connectivity index (χ2v) is 4.43. The van der Waals surface area contributed by atoms with Crippen molar-refractivity contribution >= 4 is 11.9 Å². The molecule has 0 aromatic carbocycles. The van der Waals surface area contributed by atoms with Gasteiger partial charge >= 0.3 is 11.9 Å². The molecule has 0 bridgehead atoms. The quantitative estimate of drug-likeness (QED) is 0.496. The van der Waals surface area contributed by atoms with Gasteiger partial charge in [0, 0.05) is 13.7 Å². The number of carbonyl (C=O) groups is 2. The number of aliphatic hydroxyl groups is 2. The number of hydrogen-bond acceptors (Lipinski definition) is 8. The summed E-state index contributed by atoms with van der Waals surface area (Å²) in [5.74, 6) is -1.84. The van der Waals surface area contributed by atoms with Crippen molar-refractivity contribution in [3.8, 4) is 0 Å². The third kappa shape index (κ3) is 6.27. The Hall–Kier alpha value is -1.22. The Labute approximate surface area is 130 Å². The van der Waals surface area contributed by atoms with Gasteiger partial charge in [0.25, 0.3) is 0 Å². The van der Waals surface area contributed by atoms with Gasteiger partial charge in [0.05, 0.1) is 13.2 Å². The number of carbonyl (C=O) groups excluding carboxylic acids is 2. The molecule has 0 heterocycles. The van der Waals surface area contributed by atoms with E-state index in [-0.39, 0.29) is 19.8 Å². The van der Waals surface area contributed by atoms with E-state index in [0.717, 1.165) is 0 Å². The number of ether oxygens (including phenoxy) is 4. The minimum atomic E-state index is -1.70. The summed E-state index contributed by atoms with van der Waals surface area (Å²) in [6.45, 7) is 5.37. The Morgan fingerprint density at radius 3 is 1.73 bits per heavy atom. The van der Waals surface area contributed by atoms with Crippen molar-refractivity contribution in [3.05, 3.63) is 0 Å². The van der Waals surface area contributed by atoms with Gasteiger partial charge in [0.2, 0.25) is 0 Å². The highest BCUT2D eigenvalue weighted by atomic mass is 16.6. The van der Waals surface area contributed by atoms with Crippen LogP contribution in [0.15, 0.2) is 0 Å². The lowest BCUT2D eigenvalue weighted by molar-refractivity contribution is -0.189. The average Bonchev–Trinajstić information content (AvgIpc) is 2.50. The molecule has 0 fully saturated rings. The zero-order valence-corrected chi connectivity index (χ0v) is 13.5. The lowest BCUT2D eigenvalue weighted by Gasteiger charge is -2.31. The molecule has 130 valence electrons. The summed E-state index contributed by atoms with van der Waals surface area (Å²) in [6.07, 6.45) is -5.32. The van der Waals surface area contributed by atoms with Crippen molar-refractivity contribution in [2.75, 3.05) is 26.9 Å². The van der Waals surface area contributed by atoms with Gasteiger partial charge < -0.3 is 29.2 Å². The minimum absolute atomic E-state index is 0.0766. The first-order valence-electron chi connectivity index (χ1n) is 7.28. The van der Waals surface area contributed by atoms with Crippen molar-refractivity contribution in [1.82, 2.24) is 0 Å². The predicted molar refractivity (Wildman–Crippen MR) is 76.1 cm³/mol. The van der Waals surface area contributed by atoms with Crippen molar-refractivity contribution in [3.63, 3.8) is 0 Å². The van der Waals surface area contributed by atoms with E-state index in [4.69, 9.17) is 18.9 Å². The molecule has 0 aliphatic heterocycles. The van der Waals surface area contributed by atoms with Crippen LogP contribution in [0.5, 0.6) is 0 Å². The highest BCUT2D eigenvalue weighted by molar-refractivity contribution is 5.77. The molecule has 0 aliphatic rings. The van der Waals surface area contributed by atoms with E-state index >= 15 is 0 Å². The van der Waals surface area contributed by atoms with Crippen molar-refractivity contribution in [1.29, 1.82) is 0 Å². The first-order chi connectivity index (χ1) is 10.4. The molecule has 0 rings (SSSR count). The first-order valence-corrected chi connectivity index (χ1v) is 7.28. The summed E-state index contributed by atoms with van der Waals surface area (Å²) in [7, 11) is 1.23. The van der Waals surface area contributed by atoms with Crippen LogP contribution in [0.2, 0.25) is 0 Å². The van der Waals surface area contributed by atoms with E-state index in [1.54, 1.807) is 13.8 Å². The fourth-order valence-electron chi connectivity index (χ4n) is 1.79. The largest absolute Gasteiger partial charge is 0.464 e. The second-order valence-electron chi connectivity index (χ2n) is 4.43. The van der Waals surface area contributed by atoms with Crippen molar-refractivity contribution in [2.24, 2.45) is 0 Å². The molecule has 0 aromatic rings. The molecule has 0 saturated heterocycles. The third-order valence-corrected chi connectivity index (χ3v) is 2.79. The molecule has 0 unspecified atom stereocenters. The summed E-state index contributed by atoms with van der Waals surface area (Å²) in [5, 5.41) is 20.1. The Morgan fingerprint density at radius 1 is 0.909 bits per heavy atom. The predicted octanol–water partition coefficient (Wildman–Crippen LogP) is -0.355. The smallest absolute Gasteiger partial charge is 0.337 e. The number of aliphatic hydroxyl groups excluding tert-OH is 2. The highest BCUT2D eigenvalue weighted by Gasteiger charge is 2.42. The van der Waals surface area contributed by atoms with Crippen LogP contribution >= 0.6 is 0 Å². The van der Waals surface area contributed by atoms with Crippen LogP contribution in [0, 0.1) is 0 Å². The zero-order chi connectivity index (χ0) is 17.1. The Balaban J connectivity index is 5.16. The van der Waals surface area contributed by atoms with Crippen LogP contribution in [0.1, 0.15) is 27.2 Å². The highest BCUT2D eigenvalue weighted by Crippen LogP contribution is 2.16. The summed E-state index contributed by atoms with van der Waals surface area (Å²) in [5.41, 5.74) is 0. The molecule has 4 atom stereocenters.